The molecular formula is C4H7N5. The van der Waals surface area contributed by atoms with Gasteiger partial charge >= 0.3 is 0 Å². The van der Waals surface area contributed by atoms with Crippen LogP contribution in [0.5, 0.6) is 0 Å². The quantitative estimate of drug-likeness (QED) is 0.377. The first-order valence-electron chi connectivity index (χ1n) is 2.41. The first-order valence-corrected chi connectivity index (χ1v) is 2.41. The van der Waals surface area contributed by atoms with Gasteiger partial charge in [-0.15, -0.1) is 5.10 Å². The molecule has 5 nitrogen and oxygen atoms in total. The molecule has 1 heterocycles. The highest BCUT2D eigenvalue weighted by Gasteiger charge is 1.98. The number of aryl methyl sites for hydroxylation is 1. The van der Waals surface area contributed by atoms with E-state index < -0.39 is 0 Å². The number of aromatic nitrogens is 3. The van der Waals surface area contributed by atoms with Gasteiger partial charge in [-0.05, 0) is 0 Å². The van der Waals surface area contributed by atoms with Crippen molar-refractivity contribution >= 4 is 5.84 Å². The molecule has 0 aliphatic carbocycles. The average molecular weight is 125 g/mol. The number of nitrogens with zero attached hydrogens (tertiary/aromatic N) is 3. The van der Waals surface area contributed by atoms with Gasteiger partial charge in [0, 0.05) is 7.05 Å². The van der Waals surface area contributed by atoms with Crippen LogP contribution in [-0.4, -0.2) is 20.8 Å². The number of hydrogen-bond donors (Lipinski definition) is 2. The minimum Gasteiger partial charge on any atom is -0.382 e. The van der Waals surface area contributed by atoms with E-state index in [0.717, 1.165) is 0 Å². The molecular weight excluding hydrogens is 118 g/mol. The smallest absolute Gasteiger partial charge is 0.147 e. The Kier molecular flexibility index (Phi) is 1.18. The van der Waals surface area contributed by atoms with E-state index in [0.29, 0.717) is 5.69 Å². The molecule has 0 fully saturated rings. The molecule has 3 N–H and O–H groups in total. The summed E-state index contributed by atoms with van der Waals surface area (Å²) in [4.78, 5) is 0. The zero-order valence-electron chi connectivity index (χ0n) is 5.00. The van der Waals surface area contributed by atoms with Crippen molar-refractivity contribution in [1.82, 2.24) is 15.0 Å². The van der Waals surface area contributed by atoms with Crippen LogP contribution in [0.2, 0.25) is 0 Å². The third kappa shape index (κ3) is 1.04. The van der Waals surface area contributed by atoms with Gasteiger partial charge in [0.05, 0.1) is 6.20 Å². The van der Waals surface area contributed by atoms with E-state index in [1.54, 1.807) is 13.2 Å². The lowest BCUT2D eigenvalue weighted by Crippen LogP contribution is -2.11. The van der Waals surface area contributed by atoms with Crippen molar-refractivity contribution in [3.8, 4) is 0 Å². The van der Waals surface area contributed by atoms with Crippen LogP contribution in [-0.2, 0) is 7.05 Å². The maximum Gasteiger partial charge on any atom is 0.147 e. The van der Waals surface area contributed by atoms with Crippen LogP contribution in [0.3, 0.4) is 0 Å². The Labute approximate surface area is 52.0 Å². The van der Waals surface area contributed by atoms with E-state index in [4.69, 9.17) is 11.1 Å². The molecule has 0 spiro atoms. The van der Waals surface area contributed by atoms with Gasteiger partial charge in [0.1, 0.15) is 11.5 Å². The van der Waals surface area contributed by atoms with Gasteiger partial charge in [0.15, 0.2) is 0 Å². The van der Waals surface area contributed by atoms with Crippen LogP contribution in [0.1, 0.15) is 5.69 Å². The predicted octanol–water partition coefficient (Wildman–Crippen LogP) is -0.901. The van der Waals surface area contributed by atoms with Crippen molar-refractivity contribution in [1.29, 1.82) is 5.41 Å². The summed E-state index contributed by atoms with van der Waals surface area (Å²) in [6.07, 6.45) is 1.59. The van der Waals surface area contributed by atoms with E-state index >= 15 is 0 Å². The summed E-state index contributed by atoms with van der Waals surface area (Å²) in [6.45, 7) is 0. The number of rotatable bonds is 1. The second-order valence-electron chi connectivity index (χ2n) is 1.69. The minimum absolute atomic E-state index is 0.0527. The maximum atomic E-state index is 6.91. The molecule has 1 aromatic heterocycles. The Hall–Kier alpha value is -1.39. The largest absolute Gasteiger partial charge is 0.382 e. The Bertz CT molecular complexity index is 225. The summed E-state index contributed by atoms with van der Waals surface area (Å²) < 4.78 is 1.50. The van der Waals surface area contributed by atoms with Crippen LogP contribution < -0.4 is 5.73 Å². The standard InChI is InChI=1S/C4H7N5/c1-9-2-3(4(5)6)7-8-9/h2H,1H3,(H3,5,6). The van der Waals surface area contributed by atoms with Crippen molar-refractivity contribution < 1.29 is 0 Å². The Morgan fingerprint density at radius 2 is 2.56 bits per heavy atom. The first kappa shape index (κ1) is 5.74. The van der Waals surface area contributed by atoms with Crippen molar-refractivity contribution in [2.24, 2.45) is 12.8 Å². The second-order valence-corrected chi connectivity index (χ2v) is 1.69. The molecule has 5 heteroatoms. The van der Waals surface area contributed by atoms with Gasteiger partial charge in [0.2, 0.25) is 0 Å². The summed E-state index contributed by atoms with van der Waals surface area (Å²) in [5.74, 6) is -0.0527. The van der Waals surface area contributed by atoms with Crippen LogP contribution in [0.4, 0.5) is 0 Å². The van der Waals surface area contributed by atoms with E-state index in [-0.39, 0.29) is 5.84 Å². The van der Waals surface area contributed by atoms with Crippen molar-refractivity contribution in [2.45, 2.75) is 0 Å². The topological polar surface area (TPSA) is 80.6 Å². The zero-order chi connectivity index (χ0) is 6.85. The van der Waals surface area contributed by atoms with E-state index in [2.05, 4.69) is 10.3 Å². The summed E-state index contributed by atoms with van der Waals surface area (Å²) in [5.41, 5.74) is 5.51. The average Bonchev–Trinajstić information content (AvgIpc) is 2.14. The molecule has 1 aromatic rings. The normalized spacial score (nSPS) is 9.44. The Morgan fingerprint density at radius 1 is 1.89 bits per heavy atom. The van der Waals surface area contributed by atoms with Gasteiger partial charge in [-0.25, -0.2) is 0 Å². The number of nitrogen functional groups attached to an aromatic ring is 1. The van der Waals surface area contributed by atoms with Crippen molar-refractivity contribution in [2.75, 3.05) is 0 Å². The second kappa shape index (κ2) is 1.85. The molecule has 1 rings (SSSR count). The summed E-state index contributed by atoms with van der Waals surface area (Å²) in [6, 6.07) is 0. The fourth-order valence-electron chi connectivity index (χ4n) is 0.471. The SMILES string of the molecule is Cn1cc(C(=N)N)nn1. The van der Waals surface area contributed by atoms with Crippen LogP contribution >= 0.6 is 0 Å². The van der Waals surface area contributed by atoms with Crippen molar-refractivity contribution in [3.63, 3.8) is 0 Å². The fourth-order valence-corrected chi connectivity index (χ4v) is 0.471. The van der Waals surface area contributed by atoms with Crippen LogP contribution in [0, 0.1) is 5.41 Å². The van der Waals surface area contributed by atoms with E-state index in [1.807, 2.05) is 0 Å². The molecule has 0 bridgehead atoms. The molecule has 0 amide bonds. The monoisotopic (exact) mass is 125 g/mol. The maximum absolute atomic E-state index is 6.91. The van der Waals surface area contributed by atoms with E-state index in [1.165, 1.54) is 4.68 Å². The molecule has 0 saturated carbocycles. The first-order chi connectivity index (χ1) is 4.20. The summed E-state index contributed by atoms with van der Waals surface area (Å²) >= 11 is 0. The molecule has 0 aromatic carbocycles. The summed E-state index contributed by atoms with van der Waals surface area (Å²) in [5, 5.41) is 14.1. The molecule has 0 unspecified atom stereocenters. The van der Waals surface area contributed by atoms with Gasteiger partial charge in [-0.1, -0.05) is 5.21 Å². The molecule has 0 saturated heterocycles. The summed E-state index contributed by atoms with van der Waals surface area (Å²) in [7, 11) is 1.72. The van der Waals surface area contributed by atoms with Crippen molar-refractivity contribution in [3.05, 3.63) is 11.9 Å². The number of hydrogen-bond acceptors (Lipinski definition) is 3. The third-order valence-corrected chi connectivity index (χ3v) is 0.879. The molecule has 0 aliphatic heterocycles. The fraction of sp³-hybridized carbons (Fsp3) is 0.250. The Morgan fingerprint density at radius 3 is 2.78 bits per heavy atom. The van der Waals surface area contributed by atoms with Gasteiger partial charge in [-0.3, -0.25) is 10.1 Å². The highest BCUT2D eigenvalue weighted by atomic mass is 15.4. The molecule has 9 heavy (non-hydrogen) atoms. The highest BCUT2D eigenvalue weighted by molar-refractivity contribution is 5.92. The van der Waals surface area contributed by atoms with Gasteiger partial charge in [0.25, 0.3) is 0 Å². The highest BCUT2D eigenvalue weighted by Crippen LogP contribution is 1.86. The lowest BCUT2D eigenvalue weighted by molar-refractivity contribution is 0.714. The molecule has 0 atom stereocenters. The van der Waals surface area contributed by atoms with Crippen LogP contribution in [0.25, 0.3) is 0 Å². The lowest BCUT2D eigenvalue weighted by Gasteiger charge is -1.83. The van der Waals surface area contributed by atoms with Gasteiger partial charge < -0.3 is 5.73 Å². The number of nitrogens with one attached hydrogen (secondary N) is 1. The van der Waals surface area contributed by atoms with Gasteiger partial charge in [-0.2, -0.15) is 0 Å². The number of amidine groups is 1. The van der Waals surface area contributed by atoms with Crippen LogP contribution in [0.15, 0.2) is 6.20 Å². The molecule has 0 aliphatic rings. The minimum atomic E-state index is -0.0527. The van der Waals surface area contributed by atoms with E-state index in [9.17, 15) is 0 Å². The lowest BCUT2D eigenvalue weighted by atomic mass is 10.4. The third-order valence-electron chi connectivity index (χ3n) is 0.879. The predicted molar refractivity (Wildman–Crippen MR) is 32.0 cm³/mol. The Balaban J connectivity index is 2.98. The zero-order valence-corrected chi connectivity index (χ0v) is 5.00. The molecule has 0 radical (unpaired) electrons. The molecule has 48 valence electrons. The number of nitrogens with two attached hydrogens (primary N) is 1.